The molecule has 0 bridgehead atoms. The molecule has 1 radical (unpaired) electrons. The molecule has 0 unspecified atom stereocenters. The Morgan fingerprint density at radius 2 is 0.875 bits per heavy atom. The molecule has 0 heterocycles. The van der Waals surface area contributed by atoms with E-state index < -0.39 is 0 Å². The summed E-state index contributed by atoms with van der Waals surface area (Å²) in [6.07, 6.45) is 7.50. The Kier molecular flexibility index (Phi) is 9.02. The van der Waals surface area contributed by atoms with Crippen molar-refractivity contribution in [3.8, 4) is 0 Å². The minimum Gasteiger partial charge on any atom is -0.0704 e. The van der Waals surface area contributed by atoms with Gasteiger partial charge in [-0.05, 0) is 0 Å². The fourth-order valence-corrected chi connectivity index (χ4v) is 0.884. The second-order valence-electron chi connectivity index (χ2n) is 1.83. The molecule has 8 heavy (non-hydrogen) atoms. The molecule has 0 aliphatic heterocycles. The maximum absolute atomic E-state index is 4.74. The van der Waals surface area contributed by atoms with Crippen LogP contribution in [-0.2, 0) is 0 Å². The van der Waals surface area contributed by atoms with Crippen molar-refractivity contribution in [3.63, 3.8) is 0 Å². The molecule has 0 N–H and O–H groups in total. The van der Waals surface area contributed by atoms with Gasteiger partial charge in [0.15, 0.2) is 0 Å². The molecule has 0 atom stereocenters. The van der Waals surface area contributed by atoms with Crippen LogP contribution in [0, 0.1) is 0 Å². The third-order valence-corrected chi connectivity index (χ3v) is 1.25. The lowest BCUT2D eigenvalue weighted by molar-refractivity contribution is 0.886. The molecule has 1 rings (SSSR count). The average molecular weight is 172 g/mol. The van der Waals surface area contributed by atoms with Gasteiger partial charge in [0.25, 0.3) is 0 Å². The molecule has 1 fully saturated rings. The van der Waals surface area contributed by atoms with E-state index in [9.17, 15) is 0 Å². The number of rotatable bonds is 0. The summed E-state index contributed by atoms with van der Waals surface area (Å²) in [6, 6.07) is 0. The minimum atomic E-state index is 0.361. The Labute approximate surface area is 62.3 Å². The molecule has 0 aromatic carbocycles. The van der Waals surface area contributed by atoms with E-state index in [1.807, 2.05) is 0 Å². The fraction of sp³-hybridized carbons (Fsp3) is 1.00. The lowest BCUT2D eigenvalue weighted by Crippen LogP contribution is -1.47. The smallest absolute Gasteiger partial charge is 0.0704 e. The molecule has 0 nitrogen and oxygen atoms in total. The molecular weight excluding hydrogens is 162 g/mol. The highest BCUT2D eigenvalue weighted by Crippen LogP contribution is 2.19. The molecule has 1 saturated carbocycles. The quantitative estimate of drug-likeness (QED) is 0.480. The first-order valence-corrected chi connectivity index (χ1v) is 5.54. The van der Waals surface area contributed by atoms with E-state index in [-0.39, 0.29) is 0 Å². The standard InChI is InChI=1S/C5H10.Cl2P/c1-2-4-5-3-1;1-3-2/h1-5H2;. The highest BCUT2D eigenvalue weighted by atomic mass is 35.9. The maximum atomic E-state index is 4.74. The van der Waals surface area contributed by atoms with Crippen molar-refractivity contribution in [2.75, 3.05) is 0 Å². The van der Waals surface area contributed by atoms with Crippen molar-refractivity contribution in [1.29, 1.82) is 0 Å². The van der Waals surface area contributed by atoms with Crippen LogP contribution in [0.1, 0.15) is 32.1 Å². The summed E-state index contributed by atoms with van der Waals surface area (Å²) in [4.78, 5) is 0. The Bertz CT molecular complexity index is 29.8. The van der Waals surface area contributed by atoms with Crippen molar-refractivity contribution >= 4 is 29.8 Å². The van der Waals surface area contributed by atoms with Gasteiger partial charge in [0, 0.05) is 0 Å². The number of halogens is 2. The molecule has 0 spiro atoms. The maximum Gasteiger partial charge on any atom is 0.141 e. The van der Waals surface area contributed by atoms with Gasteiger partial charge < -0.3 is 0 Å². The van der Waals surface area contributed by atoms with Crippen molar-refractivity contribution < 1.29 is 0 Å². The van der Waals surface area contributed by atoms with Crippen molar-refractivity contribution in [2.45, 2.75) is 32.1 Å². The molecule has 3 heteroatoms. The van der Waals surface area contributed by atoms with Gasteiger partial charge >= 0.3 is 0 Å². The summed E-state index contributed by atoms with van der Waals surface area (Å²) in [5.74, 6) is 0. The summed E-state index contributed by atoms with van der Waals surface area (Å²) < 4.78 is 0. The van der Waals surface area contributed by atoms with Gasteiger partial charge in [-0.2, -0.15) is 0 Å². The third kappa shape index (κ3) is 7.01. The van der Waals surface area contributed by atoms with Crippen LogP contribution in [0.2, 0.25) is 0 Å². The van der Waals surface area contributed by atoms with Crippen LogP contribution in [0.25, 0.3) is 0 Å². The topological polar surface area (TPSA) is 0 Å². The summed E-state index contributed by atoms with van der Waals surface area (Å²) in [7, 11) is 0.361. The Hall–Kier alpha value is 1.01. The molecule has 0 aromatic rings. The van der Waals surface area contributed by atoms with Gasteiger partial charge in [0.1, 0.15) is 7.29 Å². The highest BCUT2D eigenvalue weighted by molar-refractivity contribution is 7.90. The second kappa shape index (κ2) is 8.01. The van der Waals surface area contributed by atoms with Crippen LogP contribution in [-0.4, -0.2) is 0 Å². The third-order valence-electron chi connectivity index (χ3n) is 1.25. The minimum absolute atomic E-state index is 0.361. The highest BCUT2D eigenvalue weighted by Gasteiger charge is 1.95. The van der Waals surface area contributed by atoms with Gasteiger partial charge in [-0.3, -0.25) is 0 Å². The van der Waals surface area contributed by atoms with E-state index in [2.05, 4.69) is 0 Å². The van der Waals surface area contributed by atoms with Crippen molar-refractivity contribution in [3.05, 3.63) is 0 Å². The van der Waals surface area contributed by atoms with Crippen LogP contribution < -0.4 is 0 Å². The molecule has 1 aliphatic carbocycles. The SMILES string of the molecule is C1CCCC1.Cl[P]Cl. The largest absolute Gasteiger partial charge is 0.141 e. The molecule has 0 saturated heterocycles. The summed E-state index contributed by atoms with van der Waals surface area (Å²) in [6.45, 7) is 0. The van der Waals surface area contributed by atoms with Crippen LogP contribution in [0.5, 0.6) is 0 Å². The van der Waals surface area contributed by atoms with E-state index in [0.717, 1.165) is 0 Å². The van der Waals surface area contributed by atoms with E-state index >= 15 is 0 Å². The molecule has 0 amide bonds. The first-order chi connectivity index (χ1) is 3.91. The van der Waals surface area contributed by atoms with Gasteiger partial charge in [-0.15, -0.1) is 0 Å². The van der Waals surface area contributed by atoms with E-state index in [1.165, 1.54) is 32.1 Å². The van der Waals surface area contributed by atoms with Crippen molar-refractivity contribution in [1.82, 2.24) is 0 Å². The summed E-state index contributed by atoms with van der Waals surface area (Å²) >= 11 is 9.47. The lowest BCUT2D eigenvalue weighted by atomic mass is 10.4. The predicted octanol–water partition coefficient (Wildman–Crippen LogP) is 4.19. The van der Waals surface area contributed by atoms with E-state index in [4.69, 9.17) is 22.5 Å². The number of hydrogen-bond donors (Lipinski definition) is 0. The Morgan fingerprint density at radius 1 is 0.750 bits per heavy atom. The second-order valence-corrected chi connectivity index (χ2v) is 3.49. The normalized spacial score (nSPS) is 17.2. The van der Waals surface area contributed by atoms with Gasteiger partial charge in [0.05, 0.1) is 0 Å². The average Bonchev–Trinajstić information content (AvgIpc) is 2.17. The fourth-order valence-electron chi connectivity index (χ4n) is 0.884. The Balaban J connectivity index is 0.000000145. The van der Waals surface area contributed by atoms with Crippen LogP contribution in [0.4, 0.5) is 0 Å². The zero-order valence-electron chi connectivity index (χ0n) is 4.74. The zero-order valence-corrected chi connectivity index (χ0v) is 7.14. The molecule has 49 valence electrons. The van der Waals surface area contributed by atoms with Gasteiger partial charge in [0.2, 0.25) is 0 Å². The number of hydrogen-bond acceptors (Lipinski definition) is 0. The van der Waals surface area contributed by atoms with Gasteiger partial charge in [-0.25, -0.2) is 0 Å². The summed E-state index contributed by atoms with van der Waals surface area (Å²) in [5.41, 5.74) is 0. The van der Waals surface area contributed by atoms with Crippen LogP contribution >= 0.6 is 29.8 Å². The first-order valence-electron chi connectivity index (χ1n) is 2.84. The van der Waals surface area contributed by atoms with Crippen LogP contribution in [0.15, 0.2) is 0 Å². The first kappa shape index (κ1) is 9.01. The monoisotopic (exact) mass is 171 g/mol. The molecule has 1 aliphatic rings. The Morgan fingerprint density at radius 3 is 1.00 bits per heavy atom. The summed E-state index contributed by atoms with van der Waals surface area (Å²) in [5, 5.41) is 0. The van der Waals surface area contributed by atoms with E-state index in [0.29, 0.717) is 7.29 Å². The van der Waals surface area contributed by atoms with Gasteiger partial charge in [-0.1, -0.05) is 54.6 Å². The van der Waals surface area contributed by atoms with Crippen LogP contribution in [0.3, 0.4) is 0 Å². The molecule has 0 aromatic heterocycles. The zero-order chi connectivity index (χ0) is 6.24. The lowest BCUT2D eigenvalue weighted by Gasteiger charge is -1.67. The van der Waals surface area contributed by atoms with Crippen molar-refractivity contribution in [2.24, 2.45) is 0 Å². The predicted molar refractivity (Wildman–Crippen MR) is 41.7 cm³/mol. The molecular formula is C5H10Cl2P. The van der Waals surface area contributed by atoms with E-state index in [1.54, 1.807) is 0 Å².